The van der Waals surface area contributed by atoms with Crippen LogP contribution in [0.4, 0.5) is 4.79 Å². The minimum absolute atomic E-state index is 0.0675. The third-order valence-electron chi connectivity index (χ3n) is 6.27. The molecule has 164 valence electrons. The highest BCUT2D eigenvalue weighted by Crippen LogP contribution is 2.33. The fourth-order valence-corrected chi connectivity index (χ4v) is 4.50. The fraction of sp³-hybridized carbons (Fsp3) is 0.478. The number of imidazole rings is 1. The SMILES string of the molecule is CCC(NC(=O)CCN1C(=O)NC2(CCCCC2)C1=O)c1ncc(-c2ccccc2)[nH]1. The lowest BCUT2D eigenvalue weighted by Gasteiger charge is -2.30. The van der Waals surface area contributed by atoms with Crippen molar-refractivity contribution in [2.24, 2.45) is 0 Å². The van der Waals surface area contributed by atoms with E-state index in [2.05, 4.69) is 20.6 Å². The van der Waals surface area contributed by atoms with Gasteiger partial charge in [0, 0.05) is 13.0 Å². The summed E-state index contributed by atoms with van der Waals surface area (Å²) in [5.41, 5.74) is 1.16. The summed E-state index contributed by atoms with van der Waals surface area (Å²) in [7, 11) is 0. The van der Waals surface area contributed by atoms with Crippen molar-refractivity contribution in [3.05, 3.63) is 42.4 Å². The van der Waals surface area contributed by atoms with Gasteiger partial charge in [0.05, 0.1) is 17.9 Å². The molecule has 4 amide bonds. The van der Waals surface area contributed by atoms with Crippen molar-refractivity contribution in [1.82, 2.24) is 25.5 Å². The van der Waals surface area contributed by atoms with Gasteiger partial charge in [0.2, 0.25) is 5.91 Å². The van der Waals surface area contributed by atoms with Crippen molar-refractivity contribution in [3.63, 3.8) is 0 Å². The number of rotatable bonds is 7. The van der Waals surface area contributed by atoms with Crippen LogP contribution in [0, 0.1) is 0 Å². The molecule has 0 bridgehead atoms. The number of hydrogen-bond donors (Lipinski definition) is 3. The Morgan fingerprint density at radius 3 is 2.65 bits per heavy atom. The van der Waals surface area contributed by atoms with Crippen LogP contribution < -0.4 is 10.6 Å². The van der Waals surface area contributed by atoms with E-state index in [0.29, 0.717) is 25.1 Å². The highest BCUT2D eigenvalue weighted by molar-refractivity contribution is 6.07. The number of imide groups is 1. The van der Waals surface area contributed by atoms with E-state index in [0.717, 1.165) is 30.5 Å². The van der Waals surface area contributed by atoms with Crippen LogP contribution in [0.3, 0.4) is 0 Å². The molecule has 1 atom stereocenters. The maximum absolute atomic E-state index is 12.8. The largest absolute Gasteiger partial charge is 0.346 e. The quantitative estimate of drug-likeness (QED) is 0.594. The highest BCUT2D eigenvalue weighted by atomic mass is 16.2. The Labute approximate surface area is 181 Å². The molecule has 2 aliphatic rings. The lowest BCUT2D eigenvalue weighted by Crippen LogP contribution is -2.48. The zero-order valence-electron chi connectivity index (χ0n) is 17.8. The normalized spacial score (nSPS) is 18.8. The molecule has 1 aliphatic carbocycles. The highest BCUT2D eigenvalue weighted by Gasteiger charge is 2.51. The minimum atomic E-state index is -0.750. The summed E-state index contributed by atoms with van der Waals surface area (Å²) in [4.78, 5) is 46.7. The number of H-pyrrole nitrogens is 1. The standard InChI is InChI=1S/C23H29N5O3/c1-2-17(20-24-15-18(26-20)16-9-5-3-6-10-16)25-19(29)11-14-28-21(30)23(27-22(28)31)12-7-4-8-13-23/h3,5-6,9-10,15,17H,2,4,7-8,11-14H2,1H3,(H,24,26)(H,25,29)(H,27,31). The van der Waals surface area contributed by atoms with Gasteiger partial charge in [0.15, 0.2) is 0 Å². The number of nitrogens with zero attached hydrogens (tertiary/aromatic N) is 2. The molecular formula is C23H29N5O3. The van der Waals surface area contributed by atoms with E-state index in [4.69, 9.17) is 0 Å². The molecule has 2 fully saturated rings. The monoisotopic (exact) mass is 423 g/mol. The average Bonchev–Trinajstić information content (AvgIpc) is 3.36. The Bertz CT molecular complexity index is 949. The van der Waals surface area contributed by atoms with Crippen LogP contribution in [0.25, 0.3) is 11.3 Å². The smallest absolute Gasteiger partial charge is 0.325 e. The van der Waals surface area contributed by atoms with E-state index in [1.165, 1.54) is 4.90 Å². The summed E-state index contributed by atoms with van der Waals surface area (Å²) in [5, 5.41) is 5.85. The molecule has 4 rings (SSSR count). The van der Waals surface area contributed by atoms with Crippen molar-refractivity contribution in [2.45, 2.75) is 63.5 Å². The van der Waals surface area contributed by atoms with E-state index in [1.54, 1.807) is 6.20 Å². The van der Waals surface area contributed by atoms with Crippen LogP contribution in [0.15, 0.2) is 36.5 Å². The molecule has 1 aromatic carbocycles. The van der Waals surface area contributed by atoms with Gasteiger partial charge in [-0.15, -0.1) is 0 Å². The molecule has 1 saturated heterocycles. The van der Waals surface area contributed by atoms with Crippen LogP contribution in [0.5, 0.6) is 0 Å². The second-order valence-electron chi connectivity index (χ2n) is 8.36. The first-order valence-electron chi connectivity index (χ1n) is 11.1. The summed E-state index contributed by atoms with van der Waals surface area (Å²) >= 11 is 0. The summed E-state index contributed by atoms with van der Waals surface area (Å²) in [5.74, 6) is 0.288. The number of urea groups is 1. The van der Waals surface area contributed by atoms with E-state index in [1.807, 2.05) is 37.3 Å². The average molecular weight is 424 g/mol. The molecule has 8 nitrogen and oxygen atoms in total. The maximum Gasteiger partial charge on any atom is 0.325 e. The minimum Gasteiger partial charge on any atom is -0.346 e. The number of nitrogens with one attached hydrogen (secondary N) is 3. The van der Waals surface area contributed by atoms with Gasteiger partial charge in [-0.25, -0.2) is 9.78 Å². The van der Waals surface area contributed by atoms with Gasteiger partial charge >= 0.3 is 6.03 Å². The van der Waals surface area contributed by atoms with Crippen molar-refractivity contribution in [3.8, 4) is 11.3 Å². The van der Waals surface area contributed by atoms with Crippen LogP contribution in [-0.2, 0) is 9.59 Å². The van der Waals surface area contributed by atoms with Gasteiger partial charge in [-0.2, -0.15) is 0 Å². The van der Waals surface area contributed by atoms with Gasteiger partial charge in [0.25, 0.3) is 5.91 Å². The van der Waals surface area contributed by atoms with Crippen molar-refractivity contribution in [1.29, 1.82) is 0 Å². The molecule has 0 radical (unpaired) electrons. The predicted molar refractivity (Wildman–Crippen MR) is 116 cm³/mol. The first-order chi connectivity index (χ1) is 15.0. The Morgan fingerprint density at radius 2 is 1.94 bits per heavy atom. The van der Waals surface area contributed by atoms with Crippen LogP contribution in [0.2, 0.25) is 0 Å². The Kier molecular flexibility index (Phi) is 6.06. The first-order valence-corrected chi connectivity index (χ1v) is 11.1. The second kappa shape index (κ2) is 8.91. The fourth-order valence-electron chi connectivity index (χ4n) is 4.50. The molecule has 8 heteroatoms. The molecule has 1 unspecified atom stereocenters. The number of carbonyl (C=O) groups is 3. The summed E-state index contributed by atoms with van der Waals surface area (Å²) in [6, 6.07) is 9.21. The Hall–Kier alpha value is -3.16. The molecule has 1 aliphatic heterocycles. The summed E-state index contributed by atoms with van der Waals surface area (Å²) in [6.07, 6.45) is 6.82. The van der Waals surface area contributed by atoms with Crippen LogP contribution >= 0.6 is 0 Å². The maximum atomic E-state index is 12.8. The summed E-state index contributed by atoms with van der Waals surface area (Å²) < 4.78 is 0. The lowest BCUT2D eigenvalue weighted by molar-refractivity contribution is -0.132. The van der Waals surface area contributed by atoms with E-state index >= 15 is 0 Å². The number of aromatic nitrogens is 2. The molecular weight excluding hydrogens is 394 g/mol. The van der Waals surface area contributed by atoms with E-state index in [-0.39, 0.29) is 36.9 Å². The van der Waals surface area contributed by atoms with E-state index in [9.17, 15) is 14.4 Å². The number of amides is 4. The third-order valence-corrected chi connectivity index (χ3v) is 6.27. The Morgan fingerprint density at radius 1 is 1.19 bits per heavy atom. The molecule has 2 aromatic rings. The lowest BCUT2D eigenvalue weighted by atomic mass is 9.82. The third kappa shape index (κ3) is 4.33. The second-order valence-corrected chi connectivity index (χ2v) is 8.36. The van der Waals surface area contributed by atoms with Crippen molar-refractivity contribution in [2.75, 3.05) is 6.54 Å². The van der Waals surface area contributed by atoms with E-state index < -0.39 is 5.54 Å². The van der Waals surface area contributed by atoms with Gasteiger partial charge in [-0.3, -0.25) is 14.5 Å². The summed E-state index contributed by atoms with van der Waals surface area (Å²) in [6.45, 7) is 2.06. The molecule has 1 aromatic heterocycles. The molecule has 31 heavy (non-hydrogen) atoms. The number of hydrogen-bond acceptors (Lipinski definition) is 4. The predicted octanol–water partition coefficient (Wildman–Crippen LogP) is 3.29. The van der Waals surface area contributed by atoms with Crippen LogP contribution in [-0.4, -0.2) is 44.8 Å². The first kappa shape index (κ1) is 21.1. The van der Waals surface area contributed by atoms with Crippen LogP contribution in [0.1, 0.15) is 63.7 Å². The molecule has 3 N–H and O–H groups in total. The van der Waals surface area contributed by atoms with Gasteiger partial charge < -0.3 is 15.6 Å². The number of aromatic amines is 1. The number of carbonyl (C=O) groups excluding carboxylic acids is 3. The molecule has 2 heterocycles. The Balaban J connectivity index is 1.34. The molecule has 1 spiro atoms. The molecule has 1 saturated carbocycles. The van der Waals surface area contributed by atoms with Gasteiger partial charge in [0.1, 0.15) is 11.4 Å². The number of benzene rings is 1. The van der Waals surface area contributed by atoms with Crippen molar-refractivity contribution < 1.29 is 14.4 Å². The van der Waals surface area contributed by atoms with Gasteiger partial charge in [-0.05, 0) is 24.8 Å². The van der Waals surface area contributed by atoms with Crippen molar-refractivity contribution >= 4 is 17.8 Å². The topological polar surface area (TPSA) is 107 Å². The zero-order valence-corrected chi connectivity index (χ0v) is 17.8. The van der Waals surface area contributed by atoms with Gasteiger partial charge in [-0.1, -0.05) is 56.5 Å². The zero-order chi connectivity index (χ0) is 21.8.